The van der Waals surface area contributed by atoms with Crippen LogP contribution >= 0.6 is 0 Å². The van der Waals surface area contributed by atoms with Crippen LogP contribution in [0, 0.1) is 0 Å². The third-order valence-electron chi connectivity index (χ3n) is 6.50. The molecule has 1 aliphatic rings. The van der Waals surface area contributed by atoms with Crippen LogP contribution in [0.1, 0.15) is 37.3 Å². The molecule has 1 amide bonds. The van der Waals surface area contributed by atoms with E-state index in [-0.39, 0.29) is 12.1 Å². The fraction of sp³-hybridized carbons (Fsp3) is 0.407. The lowest BCUT2D eigenvalue weighted by Gasteiger charge is -2.27. The number of carbonyl (C=O) groups excluding carboxylic acids is 1. The number of carbonyl (C=O) groups is 1. The van der Waals surface area contributed by atoms with Crippen LogP contribution in [-0.2, 0) is 24.5 Å². The van der Waals surface area contributed by atoms with Crippen LogP contribution < -0.4 is 21.3 Å². The number of rotatable bonds is 10. The monoisotopic (exact) mass is 462 g/mol. The number of benzene rings is 2. The Bertz CT molecular complexity index is 1170. The van der Waals surface area contributed by atoms with E-state index in [0.717, 1.165) is 41.9 Å². The molecule has 3 aromatic rings. The summed E-state index contributed by atoms with van der Waals surface area (Å²) in [7, 11) is 0. The van der Waals surface area contributed by atoms with Crippen molar-refractivity contribution in [2.45, 2.75) is 51.9 Å². The van der Waals surface area contributed by atoms with Crippen LogP contribution in [0.5, 0.6) is 5.75 Å². The second-order valence-corrected chi connectivity index (χ2v) is 9.03. The summed E-state index contributed by atoms with van der Waals surface area (Å²) < 4.78 is 7.89. The number of primary amides is 1. The Labute approximate surface area is 200 Å². The first-order chi connectivity index (χ1) is 16.5. The zero-order chi connectivity index (χ0) is 23.9. The van der Waals surface area contributed by atoms with Crippen LogP contribution in [0.2, 0.25) is 0 Å². The molecule has 2 heterocycles. The van der Waals surface area contributed by atoms with Gasteiger partial charge in [0.05, 0.1) is 11.6 Å². The van der Waals surface area contributed by atoms with Gasteiger partial charge in [0, 0.05) is 31.3 Å². The van der Waals surface area contributed by atoms with Crippen molar-refractivity contribution in [3.63, 3.8) is 0 Å². The van der Waals surface area contributed by atoms with E-state index in [1.807, 2.05) is 59.2 Å². The van der Waals surface area contributed by atoms with Crippen molar-refractivity contribution >= 4 is 16.8 Å². The first kappa shape index (κ1) is 24.0. The number of nitrogens with two attached hydrogens (primary N) is 1. The minimum atomic E-state index is -0.509. The van der Waals surface area contributed by atoms with Crippen molar-refractivity contribution in [2.75, 3.05) is 19.6 Å². The van der Waals surface area contributed by atoms with Gasteiger partial charge in [-0.05, 0) is 62.0 Å². The summed E-state index contributed by atoms with van der Waals surface area (Å²) in [5.41, 5.74) is 7.90. The number of piperidine rings is 1. The molecule has 1 atom stereocenters. The molecule has 1 unspecified atom stereocenters. The third-order valence-corrected chi connectivity index (χ3v) is 6.50. The summed E-state index contributed by atoms with van der Waals surface area (Å²) in [4.78, 5) is 27.3. The topological polar surface area (TPSA) is 89.6 Å². The van der Waals surface area contributed by atoms with Crippen LogP contribution in [0.3, 0.4) is 0 Å². The van der Waals surface area contributed by atoms with Crippen molar-refractivity contribution < 1.29 is 9.53 Å². The van der Waals surface area contributed by atoms with E-state index in [2.05, 4.69) is 10.2 Å². The summed E-state index contributed by atoms with van der Waals surface area (Å²) in [6.07, 6.45) is 3.70. The number of pyridine rings is 1. The van der Waals surface area contributed by atoms with Crippen molar-refractivity contribution in [1.82, 2.24) is 14.8 Å². The Kier molecular flexibility index (Phi) is 7.98. The third kappa shape index (κ3) is 6.04. The number of likely N-dealkylation sites (tertiary alicyclic amines) is 1. The molecule has 7 nitrogen and oxygen atoms in total. The zero-order valence-electron chi connectivity index (χ0n) is 19.8. The number of amides is 1. The van der Waals surface area contributed by atoms with Crippen LogP contribution in [0.4, 0.5) is 0 Å². The SMILES string of the molecule is CC(NCc1cc2ccc(OCc3ccccc3)cc2n(CCN2CCCCC2)c1=O)C(N)=O. The first-order valence-corrected chi connectivity index (χ1v) is 12.1. The summed E-state index contributed by atoms with van der Waals surface area (Å²) in [6, 6.07) is 17.3. The molecule has 1 aromatic heterocycles. The lowest BCUT2D eigenvalue weighted by atomic mass is 10.1. The Balaban J connectivity index is 1.61. The highest BCUT2D eigenvalue weighted by Crippen LogP contribution is 2.22. The minimum Gasteiger partial charge on any atom is -0.489 e. The predicted molar refractivity (Wildman–Crippen MR) is 135 cm³/mol. The maximum absolute atomic E-state index is 13.5. The summed E-state index contributed by atoms with van der Waals surface area (Å²) in [5, 5.41) is 4.03. The van der Waals surface area contributed by atoms with Crippen molar-refractivity contribution in [2.24, 2.45) is 5.73 Å². The number of hydrogen-bond acceptors (Lipinski definition) is 5. The van der Waals surface area contributed by atoms with E-state index < -0.39 is 11.9 Å². The van der Waals surface area contributed by atoms with Gasteiger partial charge in [0.15, 0.2) is 0 Å². The predicted octanol–water partition coefficient (Wildman–Crippen LogP) is 3.03. The van der Waals surface area contributed by atoms with Gasteiger partial charge in [-0.3, -0.25) is 9.59 Å². The second-order valence-electron chi connectivity index (χ2n) is 9.03. The normalized spacial score (nSPS) is 15.3. The van der Waals surface area contributed by atoms with Gasteiger partial charge in [-0.25, -0.2) is 0 Å². The molecular weight excluding hydrogens is 428 g/mol. The number of nitrogens with zero attached hydrogens (tertiary/aromatic N) is 2. The van der Waals surface area contributed by atoms with Gasteiger partial charge in [0.2, 0.25) is 5.91 Å². The summed E-state index contributed by atoms with van der Waals surface area (Å²) >= 11 is 0. The molecular formula is C27H34N4O3. The van der Waals surface area contributed by atoms with E-state index in [1.165, 1.54) is 19.3 Å². The van der Waals surface area contributed by atoms with E-state index in [1.54, 1.807) is 6.92 Å². The van der Waals surface area contributed by atoms with Gasteiger partial charge >= 0.3 is 0 Å². The number of ether oxygens (including phenoxy) is 1. The average Bonchev–Trinajstić information content (AvgIpc) is 2.86. The van der Waals surface area contributed by atoms with Crippen LogP contribution in [0.15, 0.2) is 59.4 Å². The fourth-order valence-corrected chi connectivity index (χ4v) is 4.38. The van der Waals surface area contributed by atoms with Crippen LogP contribution in [0.25, 0.3) is 10.9 Å². The largest absolute Gasteiger partial charge is 0.489 e. The molecule has 3 N–H and O–H groups in total. The molecule has 0 bridgehead atoms. The molecule has 0 saturated carbocycles. The van der Waals surface area contributed by atoms with Gasteiger partial charge < -0.3 is 25.3 Å². The standard InChI is InChI=1S/C27H34N4O3/c1-20(26(28)32)29-18-23-16-22-10-11-24(34-19-21-8-4-2-5-9-21)17-25(22)31(27(23)33)15-14-30-12-6-3-7-13-30/h2,4-5,8-11,16-17,20,29H,3,6-7,12-15,18-19H2,1H3,(H2,28,32). The molecule has 4 rings (SSSR count). The van der Waals surface area contributed by atoms with Gasteiger partial charge in [0.25, 0.3) is 5.56 Å². The highest BCUT2D eigenvalue weighted by atomic mass is 16.5. The Morgan fingerprint density at radius 2 is 1.82 bits per heavy atom. The number of hydrogen-bond donors (Lipinski definition) is 2. The smallest absolute Gasteiger partial charge is 0.255 e. The molecule has 0 spiro atoms. The van der Waals surface area contributed by atoms with Crippen molar-refractivity contribution in [3.8, 4) is 5.75 Å². The van der Waals surface area contributed by atoms with E-state index in [4.69, 9.17) is 10.5 Å². The molecule has 180 valence electrons. The maximum atomic E-state index is 13.5. The molecule has 1 fully saturated rings. The van der Waals surface area contributed by atoms with E-state index >= 15 is 0 Å². The van der Waals surface area contributed by atoms with E-state index in [9.17, 15) is 9.59 Å². The number of fused-ring (bicyclic) bond motifs is 1. The summed E-state index contributed by atoms with van der Waals surface area (Å²) in [6.45, 7) is 6.06. The molecule has 1 aliphatic heterocycles. The highest BCUT2D eigenvalue weighted by Gasteiger charge is 2.15. The minimum absolute atomic E-state index is 0.0473. The molecule has 2 aromatic carbocycles. The molecule has 0 aliphatic carbocycles. The van der Waals surface area contributed by atoms with Crippen molar-refractivity contribution in [3.05, 3.63) is 76.1 Å². The lowest BCUT2D eigenvalue weighted by molar-refractivity contribution is -0.119. The van der Waals surface area contributed by atoms with Gasteiger partial charge in [-0.1, -0.05) is 36.8 Å². The van der Waals surface area contributed by atoms with Gasteiger partial charge in [-0.15, -0.1) is 0 Å². The van der Waals surface area contributed by atoms with Crippen molar-refractivity contribution in [1.29, 1.82) is 0 Å². The Hall–Kier alpha value is -3.16. The first-order valence-electron chi connectivity index (χ1n) is 12.1. The number of aromatic nitrogens is 1. The van der Waals surface area contributed by atoms with Gasteiger partial charge in [0.1, 0.15) is 12.4 Å². The zero-order valence-corrected chi connectivity index (χ0v) is 19.8. The Morgan fingerprint density at radius 3 is 2.56 bits per heavy atom. The fourth-order valence-electron chi connectivity index (χ4n) is 4.38. The summed E-state index contributed by atoms with van der Waals surface area (Å²) in [5.74, 6) is 0.294. The molecule has 0 radical (unpaired) electrons. The lowest BCUT2D eigenvalue weighted by Crippen LogP contribution is -2.40. The molecule has 1 saturated heterocycles. The average molecular weight is 463 g/mol. The molecule has 7 heteroatoms. The van der Waals surface area contributed by atoms with Crippen LogP contribution in [-0.4, -0.2) is 41.1 Å². The Morgan fingerprint density at radius 1 is 1.06 bits per heavy atom. The second kappa shape index (κ2) is 11.3. The number of nitrogens with one attached hydrogen (secondary N) is 1. The van der Waals surface area contributed by atoms with Gasteiger partial charge in [-0.2, -0.15) is 0 Å². The highest BCUT2D eigenvalue weighted by molar-refractivity contribution is 5.81. The maximum Gasteiger partial charge on any atom is 0.255 e. The van der Waals surface area contributed by atoms with E-state index in [0.29, 0.717) is 18.7 Å². The molecule has 34 heavy (non-hydrogen) atoms. The quantitative estimate of drug-likeness (QED) is 0.483.